The molecule has 1 fully saturated rings. The van der Waals surface area contributed by atoms with Crippen molar-refractivity contribution in [2.45, 2.75) is 58.1 Å². The van der Waals surface area contributed by atoms with Gasteiger partial charge >= 0.3 is 5.97 Å². The minimum Gasteiger partial charge on any atom is -0.481 e. The number of rotatable bonds is 7. The van der Waals surface area contributed by atoms with Gasteiger partial charge in [0.1, 0.15) is 0 Å². The maximum Gasteiger partial charge on any atom is 0.303 e. The van der Waals surface area contributed by atoms with Crippen molar-refractivity contribution in [3.05, 3.63) is 0 Å². The van der Waals surface area contributed by atoms with Crippen LogP contribution in [0, 0.1) is 5.41 Å². The summed E-state index contributed by atoms with van der Waals surface area (Å²) < 4.78 is 5.62. The van der Waals surface area contributed by atoms with E-state index in [-0.39, 0.29) is 17.4 Å². The molecule has 1 N–H and O–H groups in total. The highest BCUT2D eigenvalue weighted by Gasteiger charge is 2.58. The standard InChI is InChI=1S/C14H27NO3/c1-13(2)11(10-14(13,3)18-5)15(4)9-7-6-8-12(16)17/h11H,6-10H2,1-5H3,(H,16,17). The summed E-state index contributed by atoms with van der Waals surface area (Å²) in [6.07, 6.45) is 3.02. The topological polar surface area (TPSA) is 49.8 Å². The van der Waals surface area contributed by atoms with E-state index in [1.54, 1.807) is 7.11 Å². The Balaban J connectivity index is 2.36. The van der Waals surface area contributed by atoms with E-state index in [1.807, 2.05) is 0 Å². The molecule has 0 amide bonds. The van der Waals surface area contributed by atoms with Gasteiger partial charge in [-0.05, 0) is 39.8 Å². The molecule has 4 nitrogen and oxygen atoms in total. The molecule has 18 heavy (non-hydrogen) atoms. The molecule has 0 aromatic heterocycles. The molecule has 0 aliphatic heterocycles. The fraction of sp³-hybridized carbons (Fsp3) is 0.929. The number of aliphatic carboxylic acids is 1. The summed E-state index contributed by atoms with van der Waals surface area (Å²) in [7, 11) is 3.91. The van der Waals surface area contributed by atoms with Crippen molar-refractivity contribution in [2.24, 2.45) is 5.41 Å². The number of carbonyl (C=O) groups is 1. The number of carboxylic acids is 1. The van der Waals surface area contributed by atoms with E-state index in [2.05, 4.69) is 32.7 Å². The van der Waals surface area contributed by atoms with E-state index < -0.39 is 5.97 Å². The minimum atomic E-state index is -0.700. The van der Waals surface area contributed by atoms with Crippen molar-refractivity contribution in [1.82, 2.24) is 4.90 Å². The molecule has 0 heterocycles. The zero-order valence-corrected chi connectivity index (χ0v) is 12.3. The lowest BCUT2D eigenvalue weighted by atomic mass is 9.55. The average Bonchev–Trinajstić information content (AvgIpc) is 2.30. The highest BCUT2D eigenvalue weighted by Crippen LogP contribution is 2.53. The zero-order valence-electron chi connectivity index (χ0n) is 12.3. The van der Waals surface area contributed by atoms with Crippen LogP contribution in [0.4, 0.5) is 0 Å². The number of unbranched alkanes of at least 4 members (excludes halogenated alkanes) is 1. The molecule has 1 rings (SSSR count). The third-order valence-electron chi connectivity index (χ3n) is 4.91. The SMILES string of the molecule is COC1(C)CC(N(C)CCCCC(=O)O)C1(C)C. The Kier molecular flexibility index (Phi) is 4.78. The van der Waals surface area contributed by atoms with Crippen LogP contribution in [0.1, 0.15) is 46.5 Å². The summed E-state index contributed by atoms with van der Waals surface area (Å²) in [5.41, 5.74) is 0.107. The summed E-state index contributed by atoms with van der Waals surface area (Å²) in [5, 5.41) is 8.60. The van der Waals surface area contributed by atoms with Gasteiger partial charge in [-0.1, -0.05) is 13.8 Å². The van der Waals surface area contributed by atoms with Crippen LogP contribution in [0.25, 0.3) is 0 Å². The Morgan fingerprint density at radius 2 is 2.00 bits per heavy atom. The van der Waals surface area contributed by atoms with Crippen molar-refractivity contribution in [3.63, 3.8) is 0 Å². The Labute approximate surface area is 110 Å². The molecule has 0 aromatic carbocycles. The number of methoxy groups -OCH3 is 1. The maximum atomic E-state index is 10.4. The Morgan fingerprint density at radius 1 is 1.39 bits per heavy atom. The summed E-state index contributed by atoms with van der Waals surface area (Å²) in [4.78, 5) is 12.8. The summed E-state index contributed by atoms with van der Waals surface area (Å²) >= 11 is 0. The fourth-order valence-electron chi connectivity index (χ4n) is 2.95. The molecule has 0 spiro atoms. The number of hydrogen-bond donors (Lipinski definition) is 1. The molecule has 0 aromatic rings. The monoisotopic (exact) mass is 257 g/mol. The van der Waals surface area contributed by atoms with E-state index >= 15 is 0 Å². The third-order valence-corrected chi connectivity index (χ3v) is 4.91. The van der Waals surface area contributed by atoms with Gasteiger partial charge in [-0.2, -0.15) is 0 Å². The van der Waals surface area contributed by atoms with Gasteiger partial charge in [0.05, 0.1) is 5.60 Å². The second-order valence-corrected chi connectivity index (χ2v) is 6.21. The van der Waals surface area contributed by atoms with Crippen molar-refractivity contribution in [1.29, 1.82) is 0 Å². The number of ether oxygens (including phenoxy) is 1. The molecule has 1 saturated carbocycles. The number of nitrogens with zero attached hydrogens (tertiary/aromatic N) is 1. The highest BCUT2D eigenvalue weighted by molar-refractivity contribution is 5.66. The van der Waals surface area contributed by atoms with E-state index in [4.69, 9.17) is 9.84 Å². The predicted molar refractivity (Wildman–Crippen MR) is 71.7 cm³/mol. The Bertz CT molecular complexity index is 303. The van der Waals surface area contributed by atoms with Gasteiger partial charge in [-0.3, -0.25) is 4.79 Å². The largest absolute Gasteiger partial charge is 0.481 e. The highest BCUT2D eigenvalue weighted by atomic mass is 16.5. The lowest BCUT2D eigenvalue weighted by Gasteiger charge is -2.61. The molecule has 106 valence electrons. The number of carboxylic acid groups (broad SMARTS) is 1. The first-order valence-electron chi connectivity index (χ1n) is 6.72. The van der Waals surface area contributed by atoms with Crippen molar-refractivity contribution in [2.75, 3.05) is 20.7 Å². The van der Waals surface area contributed by atoms with Gasteiger partial charge in [-0.15, -0.1) is 0 Å². The quantitative estimate of drug-likeness (QED) is 0.711. The molecule has 1 aliphatic carbocycles. The molecular formula is C14H27NO3. The summed E-state index contributed by atoms with van der Waals surface area (Å²) in [6, 6.07) is 0.521. The Hall–Kier alpha value is -0.610. The van der Waals surface area contributed by atoms with Crippen LogP contribution < -0.4 is 0 Å². The molecule has 0 bridgehead atoms. The lowest BCUT2D eigenvalue weighted by molar-refractivity contribution is -0.205. The van der Waals surface area contributed by atoms with Gasteiger partial charge in [-0.25, -0.2) is 0 Å². The second kappa shape index (κ2) is 5.57. The zero-order chi connectivity index (χ0) is 14.0. The van der Waals surface area contributed by atoms with E-state index in [0.717, 1.165) is 25.8 Å². The van der Waals surface area contributed by atoms with Gasteiger partial charge in [0, 0.05) is 25.0 Å². The molecule has 0 saturated heterocycles. The van der Waals surface area contributed by atoms with Crippen LogP contribution in [0.5, 0.6) is 0 Å². The predicted octanol–water partition coefficient (Wildman–Crippen LogP) is 2.38. The van der Waals surface area contributed by atoms with Crippen molar-refractivity contribution >= 4 is 5.97 Å². The van der Waals surface area contributed by atoms with E-state index in [9.17, 15) is 4.79 Å². The first kappa shape index (κ1) is 15.4. The summed E-state index contributed by atoms with van der Waals surface area (Å²) in [6.45, 7) is 7.62. The van der Waals surface area contributed by atoms with Crippen molar-refractivity contribution < 1.29 is 14.6 Å². The molecule has 2 unspecified atom stereocenters. The smallest absolute Gasteiger partial charge is 0.303 e. The minimum absolute atomic E-state index is 0.0347. The Morgan fingerprint density at radius 3 is 2.44 bits per heavy atom. The van der Waals surface area contributed by atoms with Crippen LogP contribution in [0.3, 0.4) is 0 Å². The van der Waals surface area contributed by atoms with Gasteiger partial charge < -0.3 is 14.7 Å². The maximum absolute atomic E-state index is 10.4. The van der Waals surface area contributed by atoms with Crippen molar-refractivity contribution in [3.8, 4) is 0 Å². The normalized spacial score (nSPS) is 30.2. The van der Waals surface area contributed by atoms with E-state index in [1.165, 1.54) is 0 Å². The van der Waals surface area contributed by atoms with Gasteiger partial charge in [0.2, 0.25) is 0 Å². The van der Waals surface area contributed by atoms with E-state index in [0.29, 0.717) is 6.04 Å². The van der Waals surface area contributed by atoms with Gasteiger partial charge in [0.15, 0.2) is 0 Å². The first-order valence-corrected chi connectivity index (χ1v) is 6.72. The number of hydrogen-bond acceptors (Lipinski definition) is 3. The molecule has 2 atom stereocenters. The molecule has 0 radical (unpaired) electrons. The molecular weight excluding hydrogens is 230 g/mol. The second-order valence-electron chi connectivity index (χ2n) is 6.21. The van der Waals surface area contributed by atoms with Gasteiger partial charge in [0.25, 0.3) is 0 Å². The van der Waals surface area contributed by atoms with Crippen LogP contribution in [-0.2, 0) is 9.53 Å². The van der Waals surface area contributed by atoms with Crippen LogP contribution in [-0.4, -0.2) is 48.3 Å². The molecule has 1 aliphatic rings. The fourth-order valence-corrected chi connectivity index (χ4v) is 2.95. The van der Waals surface area contributed by atoms with Crippen LogP contribution in [0.2, 0.25) is 0 Å². The molecule has 4 heteroatoms. The third kappa shape index (κ3) is 2.86. The summed E-state index contributed by atoms with van der Waals surface area (Å²) in [5.74, 6) is -0.700. The first-order chi connectivity index (χ1) is 8.24. The van der Waals surface area contributed by atoms with Crippen LogP contribution >= 0.6 is 0 Å². The average molecular weight is 257 g/mol. The van der Waals surface area contributed by atoms with Crippen LogP contribution in [0.15, 0.2) is 0 Å². The lowest BCUT2D eigenvalue weighted by Crippen LogP contribution is -2.68.